The fourth-order valence-electron chi connectivity index (χ4n) is 2.28. The third-order valence-corrected chi connectivity index (χ3v) is 4.12. The van der Waals surface area contributed by atoms with Crippen molar-refractivity contribution in [2.45, 2.75) is 19.2 Å². The van der Waals surface area contributed by atoms with Crippen molar-refractivity contribution in [3.8, 4) is 0 Å². The summed E-state index contributed by atoms with van der Waals surface area (Å²) in [5.41, 5.74) is 7.69. The molecule has 1 atom stereocenters. The van der Waals surface area contributed by atoms with Gasteiger partial charge in [-0.05, 0) is 24.1 Å². The van der Waals surface area contributed by atoms with E-state index in [0.29, 0.717) is 5.56 Å². The first-order valence-corrected chi connectivity index (χ1v) is 8.33. The highest BCUT2D eigenvalue weighted by Gasteiger charge is 2.11. The second-order valence-corrected chi connectivity index (χ2v) is 6.52. The molecule has 2 rings (SSSR count). The molecule has 1 aromatic carbocycles. The van der Waals surface area contributed by atoms with Crippen LogP contribution >= 0.6 is 11.6 Å². The highest BCUT2D eigenvalue weighted by molar-refractivity contribution is 7.78. The number of halogens is 1. The minimum atomic E-state index is -1.97. The van der Waals surface area contributed by atoms with E-state index < -0.39 is 17.0 Å². The summed E-state index contributed by atoms with van der Waals surface area (Å²) in [6, 6.07) is 6.86. The van der Waals surface area contributed by atoms with Crippen molar-refractivity contribution in [2.24, 2.45) is 5.73 Å². The number of hydrogen-bond donors (Lipinski definition) is 3. The zero-order valence-electron chi connectivity index (χ0n) is 12.4. The number of benzene rings is 1. The Kier molecular flexibility index (Phi) is 5.35. The molecule has 0 aliphatic rings. The largest absolute Gasteiger partial charge is 0.365 e. The van der Waals surface area contributed by atoms with E-state index in [1.165, 1.54) is 16.8 Å². The van der Waals surface area contributed by atoms with Crippen LogP contribution in [-0.4, -0.2) is 19.2 Å². The predicted octanol–water partition coefficient (Wildman–Crippen LogP) is 1.80. The van der Waals surface area contributed by atoms with Gasteiger partial charge in [-0.2, -0.15) is 0 Å². The van der Waals surface area contributed by atoms with Gasteiger partial charge >= 0.3 is 0 Å². The molecule has 1 aromatic heterocycles. The van der Waals surface area contributed by atoms with E-state index in [9.17, 15) is 9.00 Å². The van der Waals surface area contributed by atoms with Crippen LogP contribution in [0.1, 0.15) is 27.0 Å². The van der Waals surface area contributed by atoms with Crippen LogP contribution in [0.2, 0.25) is 5.02 Å². The fraction of sp³-hybridized carbons (Fsp3) is 0.200. The van der Waals surface area contributed by atoms with Crippen molar-refractivity contribution >= 4 is 28.6 Å². The first-order chi connectivity index (χ1) is 10.8. The molecule has 122 valence electrons. The van der Waals surface area contributed by atoms with Crippen LogP contribution in [0.5, 0.6) is 0 Å². The Morgan fingerprint density at radius 1 is 1.39 bits per heavy atom. The topological polar surface area (TPSA) is 109 Å². The number of nitrogens with zero attached hydrogens (tertiary/aromatic N) is 1. The van der Waals surface area contributed by atoms with E-state index >= 15 is 0 Å². The highest BCUT2D eigenvalue weighted by atomic mass is 35.5. The summed E-state index contributed by atoms with van der Waals surface area (Å²) in [4.78, 5) is 11.4. The van der Waals surface area contributed by atoms with E-state index in [-0.39, 0.29) is 28.4 Å². The Morgan fingerprint density at radius 3 is 2.70 bits per heavy atom. The molecule has 8 heteroatoms. The van der Waals surface area contributed by atoms with Gasteiger partial charge in [-0.3, -0.25) is 10.2 Å². The highest BCUT2D eigenvalue weighted by Crippen LogP contribution is 2.16. The van der Waals surface area contributed by atoms with E-state index in [4.69, 9.17) is 27.3 Å². The van der Waals surface area contributed by atoms with Crippen LogP contribution < -0.4 is 11.2 Å². The van der Waals surface area contributed by atoms with Crippen LogP contribution in [0.25, 0.3) is 0 Å². The smallest absolute Gasteiger partial charge is 0.252 e. The molecule has 0 saturated heterocycles. The number of primary amides is 1. The fourth-order valence-corrected chi connectivity index (χ4v) is 3.06. The molecule has 23 heavy (non-hydrogen) atoms. The quantitative estimate of drug-likeness (QED) is 0.713. The van der Waals surface area contributed by atoms with Crippen molar-refractivity contribution in [1.29, 1.82) is 5.41 Å². The number of aromatic nitrogens is 1. The van der Waals surface area contributed by atoms with Crippen molar-refractivity contribution in [2.75, 3.05) is 0 Å². The summed E-state index contributed by atoms with van der Waals surface area (Å²) in [7, 11) is 0. The molecule has 1 amide bonds. The lowest BCUT2D eigenvalue weighted by Crippen LogP contribution is -2.30. The Balaban J connectivity index is 2.51. The van der Waals surface area contributed by atoms with Gasteiger partial charge in [-0.25, -0.2) is 4.21 Å². The average molecular weight is 354 g/mol. The van der Waals surface area contributed by atoms with E-state index in [2.05, 4.69) is 0 Å². The van der Waals surface area contributed by atoms with E-state index in [1.807, 2.05) is 19.1 Å². The van der Waals surface area contributed by atoms with Crippen molar-refractivity contribution < 1.29 is 13.6 Å². The Bertz CT molecular complexity index is 848. The van der Waals surface area contributed by atoms with E-state index in [1.54, 1.807) is 6.07 Å². The number of amides is 1. The first-order valence-electron chi connectivity index (χ1n) is 6.68. The van der Waals surface area contributed by atoms with Crippen molar-refractivity contribution in [3.05, 3.63) is 63.2 Å². The molecule has 6 nitrogen and oxygen atoms in total. The van der Waals surface area contributed by atoms with Gasteiger partial charge in [-0.15, -0.1) is 0 Å². The summed E-state index contributed by atoms with van der Waals surface area (Å²) >= 11 is 4.02. The standard InChI is InChI=1S/C15H16ClN3O3S/c1-9-2-3-10(8-23(21)22)11(4-9)6-19-7-12(16)5-13(14(19)17)15(18)20/h2-5,7,17H,6,8H2,1H3,(H2,18,20)(H,21,22). The number of rotatable bonds is 5. The van der Waals surface area contributed by atoms with Gasteiger partial charge in [0.2, 0.25) is 0 Å². The minimum Gasteiger partial charge on any atom is -0.365 e. The third kappa shape index (κ3) is 4.28. The maximum Gasteiger partial charge on any atom is 0.252 e. The molecule has 0 bridgehead atoms. The van der Waals surface area contributed by atoms with Gasteiger partial charge in [0.25, 0.3) is 5.91 Å². The third-order valence-electron chi connectivity index (χ3n) is 3.35. The average Bonchev–Trinajstić information content (AvgIpc) is 2.44. The number of carbonyl (C=O) groups excluding carboxylic acids is 1. The molecule has 1 heterocycles. The molecule has 2 aromatic rings. The maximum atomic E-state index is 11.4. The SMILES string of the molecule is Cc1ccc(CS(=O)O)c(Cn2cc(Cl)cc(C(N)=O)c2=N)c1. The van der Waals surface area contributed by atoms with Gasteiger partial charge < -0.3 is 14.9 Å². The number of pyridine rings is 1. The lowest BCUT2D eigenvalue weighted by atomic mass is 10.1. The summed E-state index contributed by atoms with van der Waals surface area (Å²) in [6.07, 6.45) is 1.53. The second kappa shape index (κ2) is 7.08. The molecule has 0 aliphatic carbocycles. The molecule has 0 fully saturated rings. The summed E-state index contributed by atoms with van der Waals surface area (Å²) < 4.78 is 21.7. The lowest BCUT2D eigenvalue weighted by molar-refractivity contribution is 0.0997. The van der Waals surface area contributed by atoms with Crippen molar-refractivity contribution in [1.82, 2.24) is 4.57 Å². The molecule has 4 N–H and O–H groups in total. The molecular weight excluding hydrogens is 338 g/mol. The second-order valence-electron chi connectivity index (χ2n) is 5.15. The normalized spacial score (nSPS) is 12.1. The van der Waals surface area contributed by atoms with Gasteiger partial charge in [0.1, 0.15) is 5.49 Å². The van der Waals surface area contributed by atoms with Crippen LogP contribution in [-0.2, 0) is 23.4 Å². The number of nitrogens with one attached hydrogen (secondary N) is 1. The first kappa shape index (κ1) is 17.4. The van der Waals surface area contributed by atoms with Gasteiger partial charge in [0, 0.05) is 12.7 Å². The monoisotopic (exact) mass is 353 g/mol. The summed E-state index contributed by atoms with van der Waals surface area (Å²) in [5, 5.41) is 8.37. The Labute approximate surface area is 140 Å². The Hall–Kier alpha value is -1.96. The summed E-state index contributed by atoms with van der Waals surface area (Å²) in [5.74, 6) is -0.737. The van der Waals surface area contributed by atoms with Crippen LogP contribution in [0.15, 0.2) is 30.5 Å². The minimum absolute atomic E-state index is 0.00719. The lowest BCUT2D eigenvalue weighted by Gasteiger charge is -2.14. The van der Waals surface area contributed by atoms with Crippen LogP contribution in [0.3, 0.4) is 0 Å². The summed E-state index contributed by atoms with van der Waals surface area (Å²) in [6.45, 7) is 2.15. The number of aryl methyl sites for hydroxylation is 1. The molecule has 1 unspecified atom stereocenters. The maximum absolute atomic E-state index is 11.4. The molecule has 0 radical (unpaired) electrons. The Morgan fingerprint density at radius 2 is 2.09 bits per heavy atom. The van der Waals surface area contributed by atoms with Gasteiger partial charge in [0.05, 0.1) is 16.3 Å². The van der Waals surface area contributed by atoms with Crippen molar-refractivity contribution in [3.63, 3.8) is 0 Å². The van der Waals surface area contributed by atoms with Crippen LogP contribution in [0.4, 0.5) is 0 Å². The predicted molar refractivity (Wildman–Crippen MR) is 88.6 cm³/mol. The zero-order chi connectivity index (χ0) is 17.1. The number of hydrogen-bond acceptors (Lipinski definition) is 3. The van der Waals surface area contributed by atoms with Gasteiger partial charge in [-0.1, -0.05) is 35.4 Å². The molecular formula is C15H16ClN3O3S. The number of carbonyl (C=O) groups is 1. The van der Waals surface area contributed by atoms with E-state index in [0.717, 1.165) is 11.1 Å². The molecule has 0 saturated carbocycles. The zero-order valence-corrected chi connectivity index (χ0v) is 13.9. The van der Waals surface area contributed by atoms with Crippen LogP contribution in [0, 0.1) is 12.3 Å². The van der Waals surface area contributed by atoms with Gasteiger partial charge in [0.15, 0.2) is 11.1 Å². The molecule has 0 aliphatic heterocycles. The number of nitrogens with two attached hydrogens (primary N) is 1. The molecule has 0 spiro atoms.